The monoisotopic (exact) mass is 253 g/mol. The van der Waals surface area contributed by atoms with Gasteiger partial charge in [0, 0.05) is 14.1 Å². The quantitative estimate of drug-likeness (QED) is 0.592. The summed E-state index contributed by atoms with van der Waals surface area (Å²) in [5.41, 5.74) is 5.25. The molecule has 3 N–H and O–H groups in total. The first-order valence-corrected chi connectivity index (χ1v) is 6.09. The number of sulfonamides is 1. The van der Waals surface area contributed by atoms with E-state index in [0.717, 1.165) is 4.31 Å². The molecule has 0 fully saturated rings. The van der Waals surface area contributed by atoms with E-state index in [1.807, 2.05) is 0 Å². The lowest BCUT2D eigenvalue weighted by molar-refractivity contribution is -0.120. The summed E-state index contributed by atoms with van der Waals surface area (Å²) in [5, 5.41) is 1.36. The third-order valence-corrected chi connectivity index (χ3v) is 4.58. The molecule has 88 valence electrons. The van der Waals surface area contributed by atoms with Gasteiger partial charge in [-0.3, -0.25) is 4.79 Å². The van der Waals surface area contributed by atoms with E-state index >= 15 is 0 Å². The summed E-state index contributed by atoms with van der Waals surface area (Å²) in [6.45, 7) is 1.14. The minimum absolute atomic E-state index is 0.112. The van der Waals surface area contributed by atoms with Crippen molar-refractivity contribution in [1.82, 2.24) is 9.62 Å². The number of rotatable bonds is 5. The maximum atomic E-state index is 11.7. The molecule has 0 aliphatic heterocycles. The van der Waals surface area contributed by atoms with Crippen LogP contribution in [0, 0.1) is 0 Å². The molecule has 8 heteroatoms. The Bertz CT molecular complexity index is 352. The molecule has 0 heterocycles. The molecular formula is C7H15N3O3S2. The van der Waals surface area contributed by atoms with Crippen molar-refractivity contribution in [1.29, 1.82) is 0 Å². The summed E-state index contributed by atoms with van der Waals surface area (Å²) < 4.78 is 24.3. The Kier molecular flexibility index (Phi) is 5.12. The fraction of sp³-hybridized carbons (Fsp3) is 0.714. The maximum absolute atomic E-state index is 11.7. The molecule has 0 spiro atoms. The number of nitrogens with one attached hydrogen (secondary N) is 1. The van der Waals surface area contributed by atoms with E-state index in [1.54, 1.807) is 0 Å². The fourth-order valence-corrected chi connectivity index (χ4v) is 2.28. The standard InChI is InChI=1S/C7H15N3O3S2/c1-5(7(8)14)15(12,13)10(3)4-6(11)9-2/h5H,4H2,1-3H3,(H2,8,14)(H,9,11). The molecule has 0 aliphatic rings. The van der Waals surface area contributed by atoms with Gasteiger partial charge in [-0.1, -0.05) is 12.2 Å². The first kappa shape index (κ1) is 14.3. The van der Waals surface area contributed by atoms with Crippen LogP contribution >= 0.6 is 12.2 Å². The molecule has 0 saturated heterocycles. The number of carbonyl (C=O) groups excluding carboxylic acids is 1. The van der Waals surface area contributed by atoms with E-state index in [4.69, 9.17) is 5.73 Å². The highest BCUT2D eigenvalue weighted by Crippen LogP contribution is 2.06. The predicted molar refractivity (Wildman–Crippen MR) is 61.9 cm³/mol. The van der Waals surface area contributed by atoms with E-state index in [2.05, 4.69) is 17.5 Å². The molecule has 0 aromatic rings. The lowest BCUT2D eigenvalue weighted by Gasteiger charge is -2.20. The van der Waals surface area contributed by atoms with Gasteiger partial charge in [0.1, 0.15) is 5.25 Å². The third kappa shape index (κ3) is 3.73. The molecule has 0 radical (unpaired) electrons. The summed E-state index contributed by atoms with van der Waals surface area (Å²) in [6.07, 6.45) is 0. The Morgan fingerprint density at radius 1 is 1.60 bits per heavy atom. The number of hydrogen-bond donors (Lipinski definition) is 2. The summed E-state index contributed by atoms with van der Waals surface area (Å²) in [4.78, 5) is 10.9. The van der Waals surface area contributed by atoms with Crippen molar-refractivity contribution < 1.29 is 13.2 Å². The number of carbonyl (C=O) groups is 1. The van der Waals surface area contributed by atoms with Crippen molar-refractivity contribution >= 4 is 33.1 Å². The van der Waals surface area contributed by atoms with Gasteiger partial charge in [-0.2, -0.15) is 4.31 Å². The maximum Gasteiger partial charge on any atom is 0.235 e. The van der Waals surface area contributed by atoms with Gasteiger partial charge < -0.3 is 11.1 Å². The second-order valence-corrected chi connectivity index (χ2v) is 5.85. The summed E-state index contributed by atoms with van der Waals surface area (Å²) in [7, 11) is -0.902. The molecule has 1 atom stereocenters. The molecule has 0 aromatic carbocycles. The van der Waals surface area contributed by atoms with Crippen LogP contribution in [0.5, 0.6) is 0 Å². The smallest absolute Gasteiger partial charge is 0.235 e. The zero-order chi connectivity index (χ0) is 12.2. The Hall–Kier alpha value is -0.730. The first-order valence-electron chi connectivity index (χ1n) is 4.18. The molecule has 1 unspecified atom stereocenters. The molecular weight excluding hydrogens is 238 g/mol. The van der Waals surface area contributed by atoms with Gasteiger partial charge >= 0.3 is 0 Å². The van der Waals surface area contributed by atoms with Crippen molar-refractivity contribution in [3.8, 4) is 0 Å². The van der Waals surface area contributed by atoms with Crippen LogP contribution in [0.3, 0.4) is 0 Å². The second kappa shape index (κ2) is 5.38. The Morgan fingerprint density at radius 3 is 2.40 bits per heavy atom. The van der Waals surface area contributed by atoms with E-state index in [-0.39, 0.29) is 11.5 Å². The van der Waals surface area contributed by atoms with Gasteiger partial charge in [0.2, 0.25) is 15.9 Å². The van der Waals surface area contributed by atoms with Gasteiger partial charge in [-0.15, -0.1) is 0 Å². The summed E-state index contributed by atoms with van der Waals surface area (Å²) in [6, 6.07) is 0. The molecule has 0 aliphatic carbocycles. The van der Waals surface area contributed by atoms with Crippen LogP contribution in [0.25, 0.3) is 0 Å². The van der Waals surface area contributed by atoms with Gasteiger partial charge in [-0.05, 0) is 6.92 Å². The summed E-state index contributed by atoms with van der Waals surface area (Å²) in [5.74, 6) is -0.392. The third-order valence-electron chi connectivity index (χ3n) is 1.93. The van der Waals surface area contributed by atoms with Crippen LogP contribution in [0.4, 0.5) is 0 Å². The predicted octanol–water partition coefficient (Wildman–Crippen LogP) is -1.33. The number of nitrogens with two attached hydrogens (primary N) is 1. The molecule has 0 rings (SSSR count). The average Bonchev–Trinajstić information content (AvgIpc) is 2.15. The van der Waals surface area contributed by atoms with Crippen LogP contribution in [0.15, 0.2) is 0 Å². The highest BCUT2D eigenvalue weighted by Gasteiger charge is 2.28. The zero-order valence-electron chi connectivity index (χ0n) is 8.85. The number of hydrogen-bond acceptors (Lipinski definition) is 4. The van der Waals surface area contributed by atoms with Crippen LogP contribution in [0.2, 0.25) is 0 Å². The molecule has 0 aromatic heterocycles. The average molecular weight is 253 g/mol. The Labute approximate surface area is 94.9 Å². The van der Waals surface area contributed by atoms with Gasteiger partial charge in [0.15, 0.2) is 0 Å². The van der Waals surface area contributed by atoms with Gasteiger partial charge in [0.25, 0.3) is 0 Å². The van der Waals surface area contributed by atoms with Crippen molar-refractivity contribution in [2.75, 3.05) is 20.6 Å². The molecule has 6 nitrogen and oxygen atoms in total. The fourth-order valence-electron chi connectivity index (χ4n) is 0.788. The minimum Gasteiger partial charge on any atom is -0.392 e. The largest absolute Gasteiger partial charge is 0.392 e. The van der Waals surface area contributed by atoms with Crippen molar-refractivity contribution in [2.24, 2.45) is 5.73 Å². The van der Waals surface area contributed by atoms with E-state index < -0.39 is 21.2 Å². The highest BCUT2D eigenvalue weighted by atomic mass is 32.2. The number of amides is 1. The second-order valence-electron chi connectivity index (χ2n) is 3.02. The van der Waals surface area contributed by atoms with Crippen LogP contribution in [-0.2, 0) is 14.8 Å². The first-order chi connectivity index (χ1) is 6.73. The number of thiocarbonyl (C=S) groups is 1. The number of nitrogens with zero attached hydrogens (tertiary/aromatic N) is 1. The van der Waals surface area contributed by atoms with E-state index in [0.29, 0.717) is 0 Å². The van der Waals surface area contributed by atoms with Crippen LogP contribution < -0.4 is 11.1 Å². The van der Waals surface area contributed by atoms with Crippen molar-refractivity contribution in [3.05, 3.63) is 0 Å². The number of likely N-dealkylation sites (N-methyl/N-ethyl adjacent to an activating group) is 2. The highest BCUT2D eigenvalue weighted by molar-refractivity contribution is 7.92. The van der Waals surface area contributed by atoms with Gasteiger partial charge in [-0.25, -0.2) is 8.42 Å². The Balaban J connectivity index is 4.74. The van der Waals surface area contributed by atoms with Crippen molar-refractivity contribution in [2.45, 2.75) is 12.2 Å². The van der Waals surface area contributed by atoms with Crippen LogP contribution in [-0.4, -0.2) is 49.5 Å². The molecule has 15 heavy (non-hydrogen) atoms. The Morgan fingerprint density at radius 2 is 2.07 bits per heavy atom. The molecule has 1 amide bonds. The normalized spacial score (nSPS) is 13.6. The lowest BCUT2D eigenvalue weighted by Crippen LogP contribution is -2.44. The minimum atomic E-state index is -3.64. The zero-order valence-corrected chi connectivity index (χ0v) is 10.5. The SMILES string of the molecule is CNC(=O)CN(C)S(=O)(=O)C(C)C(N)=S. The topological polar surface area (TPSA) is 92.5 Å². The summed E-state index contributed by atoms with van der Waals surface area (Å²) >= 11 is 4.60. The van der Waals surface area contributed by atoms with Crippen LogP contribution in [0.1, 0.15) is 6.92 Å². The molecule has 0 saturated carbocycles. The van der Waals surface area contributed by atoms with E-state index in [1.165, 1.54) is 21.0 Å². The molecule has 0 bridgehead atoms. The van der Waals surface area contributed by atoms with E-state index in [9.17, 15) is 13.2 Å². The lowest BCUT2D eigenvalue weighted by atomic mass is 10.5. The van der Waals surface area contributed by atoms with Gasteiger partial charge in [0.05, 0.1) is 11.5 Å². The van der Waals surface area contributed by atoms with Crippen molar-refractivity contribution in [3.63, 3.8) is 0 Å².